The highest BCUT2D eigenvalue weighted by Crippen LogP contribution is 2.21. The third-order valence-electron chi connectivity index (χ3n) is 3.32. The number of hydrogen-bond donors (Lipinski definition) is 1. The number of hydrogen-bond acceptors (Lipinski definition) is 1. The lowest BCUT2D eigenvalue weighted by Gasteiger charge is -2.19. The molecule has 0 bridgehead atoms. The Morgan fingerprint density at radius 3 is 2.50 bits per heavy atom. The predicted molar refractivity (Wildman–Crippen MR) is 82.7 cm³/mol. The van der Waals surface area contributed by atoms with E-state index in [0.29, 0.717) is 0 Å². The monoisotopic (exact) mass is 291 g/mol. The second-order valence-electron chi connectivity index (χ2n) is 4.86. The number of rotatable bonds is 6. The van der Waals surface area contributed by atoms with Gasteiger partial charge in [0.05, 0.1) is 5.02 Å². The first-order valence-corrected chi connectivity index (χ1v) is 7.28. The van der Waals surface area contributed by atoms with E-state index in [1.807, 2.05) is 24.3 Å². The van der Waals surface area contributed by atoms with Crippen LogP contribution in [-0.2, 0) is 12.8 Å². The van der Waals surface area contributed by atoms with Gasteiger partial charge in [-0.15, -0.1) is 0 Å². The zero-order chi connectivity index (χ0) is 14.4. The van der Waals surface area contributed by atoms with Crippen LogP contribution in [0, 0.1) is 5.82 Å². The fourth-order valence-electron chi connectivity index (χ4n) is 2.38. The van der Waals surface area contributed by atoms with Crippen LogP contribution in [-0.4, -0.2) is 12.6 Å². The third kappa shape index (κ3) is 4.06. The second kappa shape index (κ2) is 7.41. The summed E-state index contributed by atoms with van der Waals surface area (Å²) in [4.78, 5) is 0. The molecule has 0 saturated heterocycles. The molecule has 2 aromatic rings. The Balaban J connectivity index is 2.11. The Kier molecular flexibility index (Phi) is 5.57. The standard InChI is InChI=1S/C17H19ClFN/c1-2-20-15(11-13-7-4-3-5-8-13)12-14-9-6-10-16(19)17(14)18/h3-10,15,20H,2,11-12H2,1H3. The first kappa shape index (κ1) is 15.0. The van der Waals surface area contributed by atoms with Crippen LogP contribution in [0.1, 0.15) is 18.1 Å². The van der Waals surface area contributed by atoms with Gasteiger partial charge in [-0.25, -0.2) is 4.39 Å². The van der Waals surface area contributed by atoms with Crippen molar-refractivity contribution in [1.82, 2.24) is 5.32 Å². The molecule has 2 rings (SSSR count). The summed E-state index contributed by atoms with van der Waals surface area (Å²) < 4.78 is 13.5. The molecule has 0 radical (unpaired) electrons. The van der Waals surface area contributed by atoms with E-state index < -0.39 is 0 Å². The van der Waals surface area contributed by atoms with E-state index >= 15 is 0 Å². The van der Waals surface area contributed by atoms with Crippen molar-refractivity contribution in [2.24, 2.45) is 0 Å². The molecule has 1 atom stereocenters. The van der Waals surface area contributed by atoms with Gasteiger partial charge in [-0.1, -0.05) is 61.0 Å². The van der Waals surface area contributed by atoms with E-state index in [-0.39, 0.29) is 16.9 Å². The quantitative estimate of drug-likeness (QED) is 0.839. The van der Waals surface area contributed by atoms with Crippen molar-refractivity contribution >= 4 is 11.6 Å². The molecule has 1 N–H and O–H groups in total. The highest BCUT2D eigenvalue weighted by molar-refractivity contribution is 6.31. The van der Waals surface area contributed by atoms with Gasteiger partial charge in [0.25, 0.3) is 0 Å². The van der Waals surface area contributed by atoms with Crippen molar-refractivity contribution in [2.75, 3.05) is 6.54 Å². The second-order valence-corrected chi connectivity index (χ2v) is 5.24. The zero-order valence-corrected chi connectivity index (χ0v) is 12.3. The van der Waals surface area contributed by atoms with Crippen LogP contribution in [0.5, 0.6) is 0 Å². The molecular weight excluding hydrogens is 273 g/mol. The SMILES string of the molecule is CCNC(Cc1ccccc1)Cc1cccc(F)c1Cl. The van der Waals surface area contributed by atoms with Crippen molar-refractivity contribution in [1.29, 1.82) is 0 Å². The third-order valence-corrected chi connectivity index (χ3v) is 3.74. The topological polar surface area (TPSA) is 12.0 Å². The molecule has 0 aliphatic carbocycles. The van der Waals surface area contributed by atoms with Crippen molar-refractivity contribution < 1.29 is 4.39 Å². The summed E-state index contributed by atoms with van der Waals surface area (Å²) in [7, 11) is 0. The largest absolute Gasteiger partial charge is 0.314 e. The Morgan fingerprint density at radius 1 is 1.05 bits per heavy atom. The van der Waals surface area contributed by atoms with Crippen molar-refractivity contribution in [3.8, 4) is 0 Å². The maximum atomic E-state index is 13.5. The van der Waals surface area contributed by atoms with E-state index in [1.165, 1.54) is 11.6 Å². The molecule has 1 nitrogen and oxygen atoms in total. The predicted octanol–water partition coefficient (Wildman–Crippen LogP) is 4.24. The molecule has 0 aromatic heterocycles. The number of benzene rings is 2. The van der Waals surface area contributed by atoms with Gasteiger partial charge in [0, 0.05) is 6.04 Å². The fourth-order valence-corrected chi connectivity index (χ4v) is 2.58. The van der Waals surface area contributed by atoms with E-state index in [1.54, 1.807) is 6.07 Å². The molecule has 0 aliphatic heterocycles. The minimum absolute atomic E-state index is 0.239. The van der Waals surface area contributed by atoms with Gasteiger partial charge in [-0.2, -0.15) is 0 Å². The average Bonchev–Trinajstić information content (AvgIpc) is 2.45. The van der Waals surface area contributed by atoms with Crippen LogP contribution in [0.15, 0.2) is 48.5 Å². The van der Waals surface area contributed by atoms with Gasteiger partial charge in [-0.05, 0) is 36.6 Å². The average molecular weight is 292 g/mol. The highest BCUT2D eigenvalue weighted by Gasteiger charge is 2.13. The molecule has 106 valence electrons. The molecule has 0 aliphatic rings. The minimum atomic E-state index is -0.348. The summed E-state index contributed by atoms with van der Waals surface area (Å²) in [6.45, 7) is 2.95. The molecule has 0 fully saturated rings. The van der Waals surface area contributed by atoms with Crippen LogP contribution in [0.3, 0.4) is 0 Å². The zero-order valence-electron chi connectivity index (χ0n) is 11.6. The van der Waals surface area contributed by atoms with Gasteiger partial charge >= 0.3 is 0 Å². The maximum Gasteiger partial charge on any atom is 0.142 e. The van der Waals surface area contributed by atoms with E-state index in [0.717, 1.165) is 24.9 Å². The smallest absolute Gasteiger partial charge is 0.142 e. The summed E-state index contributed by atoms with van der Waals surface area (Å²) in [5.41, 5.74) is 2.12. The molecular formula is C17H19ClFN. The Hall–Kier alpha value is -1.38. The van der Waals surface area contributed by atoms with Gasteiger partial charge < -0.3 is 5.32 Å². The maximum absolute atomic E-state index is 13.5. The molecule has 0 saturated carbocycles. The van der Waals surface area contributed by atoms with Crippen molar-refractivity contribution in [3.63, 3.8) is 0 Å². The summed E-state index contributed by atoms with van der Waals surface area (Å²) in [5.74, 6) is -0.348. The lowest BCUT2D eigenvalue weighted by molar-refractivity contribution is 0.519. The summed E-state index contributed by atoms with van der Waals surface area (Å²) in [6, 6.07) is 15.5. The first-order valence-electron chi connectivity index (χ1n) is 6.91. The van der Waals surface area contributed by atoms with E-state index in [9.17, 15) is 4.39 Å². The Labute approximate surface area is 124 Å². The summed E-state index contributed by atoms with van der Waals surface area (Å²) in [6.07, 6.45) is 1.63. The summed E-state index contributed by atoms with van der Waals surface area (Å²) >= 11 is 6.04. The lowest BCUT2D eigenvalue weighted by Crippen LogP contribution is -2.33. The van der Waals surface area contributed by atoms with Gasteiger partial charge in [0.1, 0.15) is 5.82 Å². The Morgan fingerprint density at radius 2 is 1.80 bits per heavy atom. The fraction of sp³-hybridized carbons (Fsp3) is 0.294. The van der Waals surface area contributed by atoms with Gasteiger partial charge in [0.2, 0.25) is 0 Å². The van der Waals surface area contributed by atoms with Crippen LogP contribution in [0.4, 0.5) is 4.39 Å². The van der Waals surface area contributed by atoms with Crippen LogP contribution in [0.25, 0.3) is 0 Å². The van der Waals surface area contributed by atoms with Crippen LogP contribution in [0.2, 0.25) is 5.02 Å². The molecule has 0 heterocycles. The molecule has 0 amide bonds. The molecule has 20 heavy (non-hydrogen) atoms. The summed E-state index contributed by atoms with van der Waals surface area (Å²) in [5, 5.41) is 3.68. The van der Waals surface area contributed by atoms with Gasteiger partial charge in [-0.3, -0.25) is 0 Å². The number of likely N-dealkylation sites (N-methyl/N-ethyl adjacent to an activating group) is 1. The van der Waals surface area contributed by atoms with E-state index in [2.05, 4.69) is 24.4 Å². The van der Waals surface area contributed by atoms with Crippen LogP contribution < -0.4 is 5.32 Å². The highest BCUT2D eigenvalue weighted by atomic mass is 35.5. The lowest BCUT2D eigenvalue weighted by atomic mass is 9.99. The number of halogens is 2. The van der Waals surface area contributed by atoms with Crippen molar-refractivity contribution in [2.45, 2.75) is 25.8 Å². The number of nitrogens with one attached hydrogen (secondary N) is 1. The minimum Gasteiger partial charge on any atom is -0.314 e. The molecule has 0 spiro atoms. The molecule has 3 heteroatoms. The van der Waals surface area contributed by atoms with Crippen LogP contribution >= 0.6 is 11.6 Å². The normalized spacial score (nSPS) is 12.3. The van der Waals surface area contributed by atoms with Crippen molar-refractivity contribution in [3.05, 3.63) is 70.5 Å². The molecule has 1 unspecified atom stereocenters. The first-order chi connectivity index (χ1) is 9.70. The van der Waals surface area contributed by atoms with Gasteiger partial charge in [0.15, 0.2) is 0 Å². The Bertz CT molecular complexity index is 542. The molecule has 2 aromatic carbocycles. The van der Waals surface area contributed by atoms with E-state index in [4.69, 9.17) is 11.6 Å².